The highest BCUT2D eigenvalue weighted by Gasteiger charge is 2.31. The van der Waals surface area contributed by atoms with Gasteiger partial charge in [0.05, 0.1) is 18.4 Å². The number of carbonyl (C=O) groups excluding carboxylic acids is 2. The highest BCUT2D eigenvalue weighted by atomic mass is 19.4. The van der Waals surface area contributed by atoms with Crippen LogP contribution in [0.15, 0.2) is 60.8 Å². The Kier molecular flexibility index (Phi) is 7.01. The molecule has 0 fully saturated rings. The number of esters is 1. The Morgan fingerprint density at radius 1 is 1.09 bits per heavy atom. The van der Waals surface area contributed by atoms with Gasteiger partial charge in [-0.05, 0) is 42.0 Å². The van der Waals surface area contributed by atoms with Gasteiger partial charge < -0.3 is 25.2 Å². The van der Waals surface area contributed by atoms with Crippen LogP contribution in [0.5, 0.6) is 11.5 Å². The number of benzene rings is 2. The van der Waals surface area contributed by atoms with Crippen LogP contribution < -0.4 is 15.4 Å². The van der Waals surface area contributed by atoms with Gasteiger partial charge in [0.1, 0.15) is 17.1 Å². The Hall–Kier alpha value is -4.28. The summed E-state index contributed by atoms with van der Waals surface area (Å²) in [7, 11) is 1.17. The molecule has 11 heteroatoms. The van der Waals surface area contributed by atoms with Gasteiger partial charge in [-0.3, -0.25) is 4.79 Å². The third kappa shape index (κ3) is 6.35. The van der Waals surface area contributed by atoms with Crippen LogP contribution in [0.4, 0.5) is 24.7 Å². The zero-order valence-electron chi connectivity index (χ0n) is 17.1. The van der Waals surface area contributed by atoms with Crippen LogP contribution in [0.2, 0.25) is 0 Å². The predicted octanol–water partition coefficient (Wildman–Crippen LogP) is 4.34. The monoisotopic (exact) mass is 461 g/mol. The number of anilines is 2. The van der Waals surface area contributed by atoms with E-state index in [9.17, 15) is 27.9 Å². The average Bonchev–Trinajstić information content (AvgIpc) is 2.78. The van der Waals surface area contributed by atoms with Crippen LogP contribution in [0.1, 0.15) is 26.3 Å². The molecule has 33 heavy (non-hydrogen) atoms. The average molecular weight is 461 g/mol. The van der Waals surface area contributed by atoms with E-state index in [4.69, 9.17) is 0 Å². The molecule has 0 radical (unpaired) electrons. The number of aromatic hydroxyl groups is 1. The standard InChI is InChI=1S/C22H18F3N3O5/c1-32-21(31)16-6-3-7-17(19(16)29)28-20(30)14-8-9-18(27-12-14)26-11-13-4-2-5-15(10-13)33-22(23,24)25/h2-10,12,29H,11H2,1H3,(H,26,27)(H,28,30). The van der Waals surface area contributed by atoms with Gasteiger partial charge in [0.15, 0.2) is 5.75 Å². The molecule has 0 aliphatic rings. The summed E-state index contributed by atoms with van der Waals surface area (Å²) < 4.78 is 45.5. The minimum absolute atomic E-state index is 0.0195. The van der Waals surface area contributed by atoms with E-state index in [0.717, 1.165) is 0 Å². The van der Waals surface area contributed by atoms with Crippen molar-refractivity contribution in [2.24, 2.45) is 0 Å². The molecule has 0 saturated carbocycles. The molecule has 3 N–H and O–H groups in total. The number of hydrogen-bond acceptors (Lipinski definition) is 7. The van der Waals surface area contributed by atoms with Crippen LogP contribution >= 0.6 is 0 Å². The third-order valence-electron chi connectivity index (χ3n) is 4.32. The van der Waals surface area contributed by atoms with Gasteiger partial charge in [0, 0.05) is 12.7 Å². The lowest BCUT2D eigenvalue weighted by Crippen LogP contribution is -2.17. The fraction of sp³-hybridized carbons (Fsp3) is 0.136. The third-order valence-corrected chi connectivity index (χ3v) is 4.32. The number of pyridine rings is 1. The fourth-order valence-corrected chi connectivity index (χ4v) is 2.79. The van der Waals surface area contributed by atoms with E-state index >= 15 is 0 Å². The van der Waals surface area contributed by atoms with Gasteiger partial charge in [-0.25, -0.2) is 9.78 Å². The van der Waals surface area contributed by atoms with Crippen LogP contribution in [0, 0.1) is 0 Å². The number of amides is 1. The van der Waals surface area contributed by atoms with Crippen LogP contribution in [0.3, 0.4) is 0 Å². The van der Waals surface area contributed by atoms with E-state index in [0.29, 0.717) is 11.4 Å². The lowest BCUT2D eigenvalue weighted by Gasteiger charge is -2.11. The molecular weight excluding hydrogens is 443 g/mol. The predicted molar refractivity (Wildman–Crippen MR) is 112 cm³/mol. The molecule has 8 nitrogen and oxygen atoms in total. The second-order valence-electron chi connectivity index (χ2n) is 6.63. The Morgan fingerprint density at radius 3 is 2.52 bits per heavy atom. The van der Waals surface area contributed by atoms with Crippen molar-refractivity contribution in [1.29, 1.82) is 0 Å². The number of hydrogen-bond donors (Lipinski definition) is 3. The molecule has 0 aliphatic carbocycles. The molecule has 1 aromatic heterocycles. The molecule has 0 saturated heterocycles. The van der Waals surface area contributed by atoms with Crippen molar-refractivity contribution in [2.45, 2.75) is 12.9 Å². The summed E-state index contributed by atoms with van der Waals surface area (Å²) in [5.41, 5.74) is 0.620. The molecule has 3 rings (SSSR count). The highest BCUT2D eigenvalue weighted by molar-refractivity contribution is 6.06. The lowest BCUT2D eigenvalue weighted by atomic mass is 10.1. The second kappa shape index (κ2) is 9.90. The fourth-order valence-electron chi connectivity index (χ4n) is 2.79. The number of nitrogens with one attached hydrogen (secondary N) is 2. The van der Waals surface area contributed by atoms with Gasteiger partial charge in [0.25, 0.3) is 5.91 Å². The minimum Gasteiger partial charge on any atom is -0.505 e. The van der Waals surface area contributed by atoms with E-state index in [2.05, 4.69) is 25.1 Å². The van der Waals surface area contributed by atoms with E-state index in [-0.39, 0.29) is 29.1 Å². The molecule has 1 amide bonds. The quantitative estimate of drug-likeness (QED) is 0.355. The second-order valence-corrected chi connectivity index (χ2v) is 6.63. The number of nitrogens with zero attached hydrogens (tertiary/aromatic N) is 1. The number of ether oxygens (including phenoxy) is 2. The van der Waals surface area contributed by atoms with Gasteiger partial charge in [-0.2, -0.15) is 0 Å². The van der Waals surface area contributed by atoms with E-state index in [1.54, 1.807) is 6.07 Å². The Labute approximate surface area is 186 Å². The first-order valence-electron chi connectivity index (χ1n) is 9.42. The van der Waals surface area contributed by atoms with Crippen molar-refractivity contribution in [3.05, 3.63) is 77.5 Å². The smallest absolute Gasteiger partial charge is 0.505 e. The highest BCUT2D eigenvalue weighted by Crippen LogP contribution is 2.28. The zero-order valence-corrected chi connectivity index (χ0v) is 17.1. The summed E-state index contributed by atoms with van der Waals surface area (Å²) in [5, 5.41) is 15.6. The van der Waals surface area contributed by atoms with Crippen molar-refractivity contribution in [2.75, 3.05) is 17.7 Å². The SMILES string of the molecule is COC(=O)c1cccc(NC(=O)c2ccc(NCc3cccc(OC(F)(F)F)c3)nc2)c1O. The normalized spacial score (nSPS) is 10.9. The van der Waals surface area contributed by atoms with Crippen LogP contribution in [-0.2, 0) is 11.3 Å². The molecule has 2 aromatic carbocycles. The number of para-hydroxylation sites is 1. The molecule has 1 heterocycles. The van der Waals surface area contributed by atoms with Crippen LogP contribution in [0.25, 0.3) is 0 Å². The van der Waals surface area contributed by atoms with Crippen molar-refractivity contribution in [3.8, 4) is 11.5 Å². The number of alkyl halides is 3. The van der Waals surface area contributed by atoms with Gasteiger partial charge >= 0.3 is 12.3 Å². The molecule has 0 spiro atoms. The first-order chi connectivity index (χ1) is 15.7. The lowest BCUT2D eigenvalue weighted by molar-refractivity contribution is -0.274. The van der Waals surface area contributed by atoms with Gasteiger partial charge in [0.2, 0.25) is 0 Å². The van der Waals surface area contributed by atoms with Gasteiger partial charge in [-0.15, -0.1) is 13.2 Å². The van der Waals surface area contributed by atoms with Gasteiger partial charge in [-0.1, -0.05) is 18.2 Å². The van der Waals surface area contributed by atoms with E-state index in [1.807, 2.05) is 0 Å². The maximum Gasteiger partial charge on any atom is 0.573 e. The minimum atomic E-state index is -4.78. The summed E-state index contributed by atoms with van der Waals surface area (Å²) >= 11 is 0. The molecule has 3 aromatic rings. The van der Waals surface area contributed by atoms with Crippen LogP contribution in [-0.4, -0.2) is 35.4 Å². The summed E-state index contributed by atoms with van der Waals surface area (Å²) in [6, 6.07) is 12.7. The largest absolute Gasteiger partial charge is 0.573 e. The molecule has 0 atom stereocenters. The number of methoxy groups -OCH3 is 1. The molecule has 0 aliphatic heterocycles. The molecule has 172 valence electrons. The first-order valence-corrected chi connectivity index (χ1v) is 9.42. The topological polar surface area (TPSA) is 110 Å². The van der Waals surface area contributed by atoms with Crippen molar-refractivity contribution >= 4 is 23.4 Å². The van der Waals surface area contributed by atoms with E-state index < -0.39 is 24.0 Å². The maximum atomic E-state index is 12.5. The Bertz CT molecular complexity index is 1150. The van der Waals surface area contributed by atoms with Crippen molar-refractivity contribution < 1.29 is 37.3 Å². The number of halogens is 3. The summed E-state index contributed by atoms with van der Waals surface area (Å²) in [5.74, 6) is -1.72. The van der Waals surface area contributed by atoms with E-state index in [1.165, 1.54) is 61.8 Å². The molecular formula is C22H18F3N3O5. The Morgan fingerprint density at radius 2 is 1.85 bits per heavy atom. The summed E-state index contributed by atoms with van der Waals surface area (Å²) in [6.45, 7) is 0.168. The number of aromatic nitrogens is 1. The number of phenols is 1. The number of rotatable bonds is 7. The zero-order chi connectivity index (χ0) is 24.0. The summed E-state index contributed by atoms with van der Waals surface area (Å²) in [4.78, 5) is 28.2. The summed E-state index contributed by atoms with van der Waals surface area (Å²) in [6.07, 6.45) is -3.50. The van der Waals surface area contributed by atoms with Crippen molar-refractivity contribution in [3.63, 3.8) is 0 Å². The number of carbonyl (C=O) groups is 2. The first kappa shape index (κ1) is 23.4. The Balaban J connectivity index is 1.62. The molecule has 0 unspecified atom stereocenters. The maximum absolute atomic E-state index is 12.5. The molecule has 0 bridgehead atoms. The van der Waals surface area contributed by atoms with Crippen molar-refractivity contribution in [1.82, 2.24) is 4.98 Å². The number of phenolic OH excluding ortho intramolecular Hbond substituents is 1.